The molecule has 1 N–H and O–H groups in total. The maximum absolute atomic E-state index is 11.6. The maximum atomic E-state index is 11.6. The van der Waals surface area contributed by atoms with E-state index in [2.05, 4.69) is 36.6 Å². The third kappa shape index (κ3) is 3.48. The van der Waals surface area contributed by atoms with Crippen molar-refractivity contribution in [3.8, 4) is 11.1 Å². The Kier molecular flexibility index (Phi) is 5.38. The van der Waals surface area contributed by atoms with E-state index >= 15 is 0 Å². The van der Waals surface area contributed by atoms with E-state index in [1.807, 2.05) is 36.4 Å². The lowest BCUT2D eigenvalue weighted by atomic mass is 9.97. The van der Waals surface area contributed by atoms with Crippen molar-refractivity contribution in [2.24, 2.45) is 0 Å². The molecule has 30 heavy (non-hydrogen) atoms. The number of rotatable bonds is 6. The molecule has 152 valence electrons. The Labute approximate surface area is 175 Å². The van der Waals surface area contributed by atoms with Gasteiger partial charge in [-0.15, -0.1) is 0 Å². The Bertz CT molecular complexity index is 1210. The molecule has 2 aromatic heterocycles. The zero-order valence-electron chi connectivity index (χ0n) is 17.3. The van der Waals surface area contributed by atoms with Crippen LogP contribution in [0.5, 0.6) is 0 Å². The van der Waals surface area contributed by atoms with Gasteiger partial charge in [0.25, 0.3) is 0 Å². The fourth-order valence-electron chi connectivity index (χ4n) is 3.84. The van der Waals surface area contributed by atoms with Gasteiger partial charge in [-0.25, -0.2) is 9.78 Å². The number of carboxylic acids is 1. The first kappa shape index (κ1) is 19.9. The van der Waals surface area contributed by atoms with Crippen LogP contribution in [-0.2, 0) is 11.2 Å². The third-order valence-corrected chi connectivity index (χ3v) is 5.44. The van der Waals surface area contributed by atoms with Crippen molar-refractivity contribution >= 4 is 11.6 Å². The number of aryl methyl sites for hydroxylation is 2. The number of carbonyl (C=O) groups is 1. The number of hydrogen-bond acceptors (Lipinski definition) is 3. The van der Waals surface area contributed by atoms with Crippen LogP contribution in [-0.4, -0.2) is 27.6 Å². The highest BCUT2D eigenvalue weighted by Gasteiger charge is 2.19. The monoisotopic (exact) mass is 400 g/mol. The summed E-state index contributed by atoms with van der Waals surface area (Å²) in [6, 6.07) is 19.1. The summed E-state index contributed by atoms with van der Waals surface area (Å²) >= 11 is 0. The first-order valence-corrected chi connectivity index (χ1v) is 9.96. The van der Waals surface area contributed by atoms with Crippen LogP contribution in [0.15, 0.2) is 66.9 Å². The summed E-state index contributed by atoms with van der Waals surface area (Å²) in [6.07, 6.45) is 2.67. The van der Waals surface area contributed by atoms with Gasteiger partial charge in [0.05, 0.1) is 17.0 Å². The predicted molar refractivity (Wildman–Crippen MR) is 117 cm³/mol. The van der Waals surface area contributed by atoms with Crippen molar-refractivity contribution in [2.45, 2.75) is 26.4 Å². The van der Waals surface area contributed by atoms with Crippen LogP contribution in [0.1, 0.15) is 45.9 Å². The number of imidazole rings is 1. The molecular weight excluding hydrogens is 376 g/mol. The van der Waals surface area contributed by atoms with Gasteiger partial charge in [0.2, 0.25) is 0 Å². The van der Waals surface area contributed by atoms with Gasteiger partial charge in [-0.3, -0.25) is 0 Å². The zero-order valence-corrected chi connectivity index (χ0v) is 17.3. The number of hydrogen-bond donors (Lipinski definition) is 1. The third-order valence-electron chi connectivity index (χ3n) is 5.44. The first-order chi connectivity index (χ1) is 14.5. The molecule has 0 aliphatic heterocycles. The summed E-state index contributed by atoms with van der Waals surface area (Å²) in [4.78, 5) is 16.3. The van der Waals surface area contributed by atoms with Gasteiger partial charge in [0, 0.05) is 13.3 Å². The summed E-state index contributed by atoms with van der Waals surface area (Å²) in [5.74, 6) is -0.932. The quantitative estimate of drug-likeness (QED) is 0.477. The zero-order chi connectivity index (χ0) is 21.3. The van der Waals surface area contributed by atoms with Gasteiger partial charge in [-0.1, -0.05) is 55.5 Å². The Morgan fingerprint density at radius 2 is 1.83 bits per heavy atom. The number of ether oxygens (including phenoxy) is 1. The fraction of sp³-hybridized carbons (Fsp3) is 0.200. The van der Waals surface area contributed by atoms with Crippen molar-refractivity contribution in [3.63, 3.8) is 0 Å². The van der Waals surface area contributed by atoms with Crippen LogP contribution in [0.4, 0.5) is 0 Å². The maximum Gasteiger partial charge on any atom is 0.336 e. The molecule has 0 amide bonds. The van der Waals surface area contributed by atoms with Gasteiger partial charge in [0.1, 0.15) is 11.8 Å². The SMILES string of the molecule is CCc1cn2c(C(OC)c3ccc(-c4ccccc4C(=O)O)cc3)ccc(C)c2n1. The minimum absolute atomic E-state index is 0.268. The van der Waals surface area contributed by atoms with E-state index in [0.29, 0.717) is 11.1 Å². The Hall–Kier alpha value is -3.44. The predicted octanol–water partition coefficient (Wildman–Crippen LogP) is 5.31. The van der Waals surface area contributed by atoms with Crippen LogP contribution in [0.3, 0.4) is 0 Å². The second-order valence-corrected chi connectivity index (χ2v) is 7.31. The van der Waals surface area contributed by atoms with Crippen LogP contribution in [0, 0.1) is 6.92 Å². The summed E-state index contributed by atoms with van der Waals surface area (Å²) in [5, 5.41) is 9.47. The highest BCUT2D eigenvalue weighted by atomic mass is 16.5. The highest BCUT2D eigenvalue weighted by Crippen LogP contribution is 2.30. The number of aromatic nitrogens is 2. The summed E-state index contributed by atoms with van der Waals surface area (Å²) < 4.78 is 7.99. The van der Waals surface area contributed by atoms with E-state index in [4.69, 9.17) is 9.72 Å². The second kappa shape index (κ2) is 8.13. The van der Waals surface area contributed by atoms with Crippen LogP contribution in [0.2, 0.25) is 0 Å². The first-order valence-electron chi connectivity index (χ1n) is 9.96. The lowest BCUT2D eigenvalue weighted by Crippen LogP contribution is -2.09. The van der Waals surface area contributed by atoms with Crippen molar-refractivity contribution in [1.82, 2.24) is 9.38 Å². The molecular formula is C25H24N2O3. The van der Waals surface area contributed by atoms with Crippen molar-refractivity contribution in [2.75, 3.05) is 7.11 Å². The molecule has 4 aromatic rings. The molecule has 2 heterocycles. The number of methoxy groups -OCH3 is 1. The number of fused-ring (bicyclic) bond motifs is 1. The number of carboxylic acid groups (broad SMARTS) is 1. The minimum atomic E-state index is -0.932. The molecule has 2 aromatic carbocycles. The van der Waals surface area contributed by atoms with Gasteiger partial charge in [-0.2, -0.15) is 0 Å². The van der Waals surface area contributed by atoms with E-state index in [-0.39, 0.29) is 6.10 Å². The van der Waals surface area contributed by atoms with E-state index in [1.165, 1.54) is 0 Å². The van der Waals surface area contributed by atoms with Crippen molar-refractivity contribution in [3.05, 3.63) is 94.9 Å². The molecule has 4 rings (SSSR count). The lowest BCUT2D eigenvalue weighted by Gasteiger charge is -2.19. The molecule has 5 heteroatoms. The van der Waals surface area contributed by atoms with E-state index < -0.39 is 5.97 Å². The summed E-state index contributed by atoms with van der Waals surface area (Å²) in [7, 11) is 1.70. The van der Waals surface area contributed by atoms with Gasteiger partial charge in [-0.05, 0) is 47.7 Å². The van der Waals surface area contributed by atoms with Gasteiger partial charge in [0.15, 0.2) is 0 Å². The van der Waals surface area contributed by atoms with Gasteiger partial charge < -0.3 is 14.2 Å². The molecule has 0 aliphatic carbocycles. The van der Waals surface area contributed by atoms with Crippen molar-refractivity contribution in [1.29, 1.82) is 0 Å². The standard InChI is InChI=1S/C25H24N2O3/c1-4-19-15-27-22(14-9-16(2)24(27)26-19)23(30-3)18-12-10-17(11-13-18)20-7-5-6-8-21(20)25(28)29/h5-15,23H,4H2,1-3H3,(H,28,29). The van der Waals surface area contributed by atoms with Gasteiger partial charge >= 0.3 is 5.97 Å². The van der Waals surface area contributed by atoms with Crippen LogP contribution >= 0.6 is 0 Å². The molecule has 1 atom stereocenters. The molecule has 1 unspecified atom stereocenters. The largest absolute Gasteiger partial charge is 0.478 e. The van der Waals surface area contributed by atoms with E-state index in [1.54, 1.807) is 19.2 Å². The smallest absolute Gasteiger partial charge is 0.336 e. The highest BCUT2D eigenvalue weighted by molar-refractivity contribution is 5.96. The molecule has 0 fully saturated rings. The van der Waals surface area contributed by atoms with Crippen LogP contribution in [0.25, 0.3) is 16.8 Å². The lowest BCUT2D eigenvalue weighted by molar-refractivity contribution is 0.0697. The molecule has 0 saturated heterocycles. The fourth-order valence-corrected chi connectivity index (χ4v) is 3.84. The number of nitrogens with zero attached hydrogens (tertiary/aromatic N) is 2. The van der Waals surface area contributed by atoms with Crippen molar-refractivity contribution < 1.29 is 14.6 Å². The Morgan fingerprint density at radius 3 is 2.50 bits per heavy atom. The Balaban J connectivity index is 1.76. The molecule has 0 saturated carbocycles. The van der Waals surface area contributed by atoms with Crippen LogP contribution < -0.4 is 0 Å². The molecule has 5 nitrogen and oxygen atoms in total. The number of benzene rings is 2. The average molecular weight is 400 g/mol. The molecule has 0 spiro atoms. The van der Waals surface area contributed by atoms with E-state index in [0.717, 1.165) is 40.1 Å². The topological polar surface area (TPSA) is 63.8 Å². The molecule has 0 bridgehead atoms. The second-order valence-electron chi connectivity index (χ2n) is 7.31. The normalized spacial score (nSPS) is 12.2. The molecule has 0 aliphatic rings. The molecule has 0 radical (unpaired) electrons. The summed E-state index contributed by atoms with van der Waals surface area (Å²) in [6.45, 7) is 4.15. The average Bonchev–Trinajstić information content (AvgIpc) is 3.22. The Morgan fingerprint density at radius 1 is 1.10 bits per heavy atom. The summed E-state index contributed by atoms with van der Waals surface area (Å²) in [5.41, 5.74) is 6.95. The minimum Gasteiger partial charge on any atom is -0.478 e. The van der Waals surface area contributed by atoms with E-state index in [9.17, 15) is 9.90 Å². The number of pyridine rings is 1. The number of aromatic carboxylic acids is 1.